The molecule has 0 aliphatic rings. The van der Waals surface area contributed by atoms with Gasteiger partial charge in [0.15, 0.2) is 11.4 Å². The number of alkyl halides is 3. The van der Waals surface area contributed by atoms with E-state index in [2.05, 4.69) is 9.97 Å². The van der Waals surface area contributed by atoms with Crippen LogP contribution < -0.4 is 5.56 Å². The first-order valence-corrected chi connectivity index (χ1v) is 4.68. The minimum absolute atomic E-state index is 0.0715. The van der Waals surface area contributed by atoms with Gasteiger partial charge in [-0.1, -0.05) is 6.07 Å². The molecule has 2 heterocycles. The Bertz CT molecular complexity index is 621. The normalized spacial score (nSPS) is 11.6. The van der Waals surface area contributed by atoms with Crippen LogP contribution in [0.1, 0.15) is 5.56 Å². The van der Waals surface area contributed by atoms with Gasteiger partial charge in [-0.25, -0.2) is 0 Å². The predicted molar refractivity (Wildman–Crippen MR) is 53.0 cm³/mol. The van der Waals surface area contributed by atoms with Crippen LogP contribution in [0, 0.1) is 5.95 Å². The second-order valence-electron chi connectivity index (χ2n) is 3.29. The molecule has 0 atom stereocenters. The third-order valence-electron chi connectivity index (χ3n) is 2.07. The molecule has 0 aliphatic heterocycles. The summed E-state index contributed by atoms with van der Waals surface area (Å²) in [5, 5.41) is 0. The molecule has 0 fully saturated rings. The highest BCUT2D eigenvalue weighted by Gasteiger charge is 2.38. The van der Waals surface area contributed by atoms with E-state index in [9.17, 15) is 22.4 Å². The average molecular weight is 259 g/mol. The molecule has 18 heavy (non-hydrogen) atoms. The molecular formula is C10H5F4N3O. The molecule has 0 aromatic carbocycles. The van der Waals surface area contributed by atoms with Gasteiger partial charge in [-0.15, -0.1) is 0 Å². The minimum atomic E-state index is -5.09. The first-order chi connectivity index (χ1) is 8.39. The fourth-order valence-corrected chi connectivity index (χ4v) is 1.32. The molecule has 0 spiro atoms. The average Bonchev–Trinajstić information content (AvgIpc) is 2.27. The maximum Gasteiger partial charge on any atom is 0.426 e. The first kappa shape index (κ1) is 12.2. The Balaban J connectivity index is 2.61. The topological polar surface area (TPSA) is 58.6 Å². The number of aromatic nitrogens is 3. The van der Waals surface area contributed by atoms with Crippen LogP contribution in [0.2, 0.25) is 0 Å². The first-order valence-electron chi connectivity index (χ1n) is 4.68. The van der Waals surface area contributed by atoms with E-state index >= 15 is 0 Å². The van der Waals surface area contributed by atoms with Crippen molar-refractivity contribution < 1.29 is 17.6 Å². The summed E-state index contributed by atoms with van der Waals surface area (Å²) in [5.41, 5.74) is -3.46. The van der Waals surface area contributed by atoms with Crippen molar-refractivity contribution in [2.24, 2.45) is 0 Å². The maximum atomic E-state index is 13.2. The summed E-state index contributed by atoms with van der Waals surface area (Å²) >= 11 is 0. The van der Waals surface area contributed by atoms with E-state index in [-0.39, 0.29) is 11.5 Å². The molecule has 0 aliphatic carbocycles. The van der Waals surface area contributed by atoms with E-state index in [4.69, 9.17) is 0 Å². The highest BCUT2D eigenvalue weighted by molar-refractivity contribution is 5.48. The minimum Gasteiger partial charge on any atom is -0.304 e. The van der Waals surface area contributed by atoms with Crippen molar-refractivity contribution in [2.75, 3.05) is 0 Å². The zero-order valence-corrected chi connectivity index (χ0v) is 8.62. The lowest BCUT2D eigenvalue weighted by molar-refractivity contribution is -0.141. The Kier molecular flexibility index (Phi) is 2.85. The summed E-state index contributed by atoms with van der Waals surface area (Å²) in [6.07, 6.45) is -3.75. The molecule has 1 N–H and O–H groups in total. The van der Waals surface area contributed by atoms with Gasteiger partial charge in [-0.05, 0) is 12.1 Å². The van der Waals surface area contributed by atoms with Crippen molar-refractivity contribution in [3.05, 3.63) is 46.3 Å². The number of halogens is 4. The Hall–Kier alpha value is -2.25. The van der Waals surface area contributed by atoms with Crippen LogP contribution in [-0.2, 0) is 6.18 Å². The fraction of sp³-hybridized carbons (Fsp3) is 0.100. The molecule has 0 bridgehead atoms. The van der Waals surface area contributed by atoms with E-state index in [1.54, 1.807) is 6.07 Å². The van der Waals surface area contributed by atoms with Crippen LogP contribution in [-0.4, -0.2) is 15.0 Å². The van der Waals surface area contributed by atoms with Gasteiger partial charge in [0.2, 0.25) is 5.95 Å². The number of nitrogens with zero attached hydrogens (tertiary/aromatic N) is 2. The largest absolute Gasteiger partial charge is 0.426 e. The zero-order chi connectivity index (χ0) is 13.3. The van der Waals surface area contributed by atoms with Gasteiger partial charge in [0.1, 0.15) is 5.69 Å². The molecular weight excluding hydrogens is 254 g/mol. The smallest absolute Gasteiger partial charge is 0.304 e. The highest BCUT2D eigenvalue weighted by atomic mass is 19.4. The molecule has 0 radical (unpaired) electrons. The molecule has 0 unspecified atom stereocenters. The van der Waals surface area contributed by atoms with Gasteiger partial charge < -0.3 is 4.98 Å². The van der Waals surface area contributed by atoms with Gasteiger partial charge in [-0.2, -0.15) is 22.5 Å². The molecule has 2 rings (SSSR count). The summed E-state index contributed by atoms with van der Waals surface area (Å²) in [6, 6.07) is 4.46. The van der Waals surface area contributed by atoms with Crippen LogP contribution >= 0.6 is 0 Å². The third-order valence-corrected chi connectivity index (χ3v) is 2.07. The summed E-state index contributed by atoms with van der Waals surface area (Å²) < 4.78 is 50.2. The van der Waals surface area contributed by atoms with Gasteiger partial charge >= 0.3 is 6.18 Å². The van der Waals surface area contributed by atoms with Crippen LogP contribution in [0.3, 0.4) is 0 Å². The van der Waals surface area contributed by atoms with Gasteiger partial charge in [0.25, 0.3) is 5.56 Å². The molecule has 2 aromatic heterocycles. The van der Waals surface area contributed by atoms with Crippen molar-refractivity contribution in [1.82, 2.24) is 15.0 Å². The van der Waals surface area contributed by atoms with E-state index in [1.165, 1.54) is 18.3 Å². The Morgan fingerprint density at radius 3 is 2.44 bits per heavy atom. The van der Waals surface area contributed by atoms with Crippen LogP contribution in [0.4, 0.5) is 17.6 Å². The summed E-state index contributed by atoms with van der Waals surface area (Å²) in [4.78, 5) is 19.9. The number of rotatable bonds is 1. The molecule has 0 amide bonds. The van der Waals surface area contributed by atoms with Crippen LogP contribution in [0.15, 0.2) is 29.2 Å². The number of nitrogens with one attached hydrogen (secondary N) is 1. The maximum absolute atomic E-state index is 13.2. The van der Waals surface area contributed by atoms with Gasteiger partial charge in [-0.3, -0.25) is 9.78 Å². The molecule has 0 saturated heterocycles. The lowest BCUT2D eigenvalue weighted by Gasteiger charge is -2.07. The summed E-state index contributed by atoms with van der Waals surface area (Å²) in [5.74, 6) is -2.22. The highest BCUT2D eigenvalue weighted by Crippen LogP contribution is 2.28. The standard InChI is InChI=1S/C10H5F4N3O/c11-7-6(10(12,13)14)9(18)17-8(16-7)5-3-1-2-4-15-5/h1-4H,(H,16,17,18). The van der Waals surface area contributed by atoms with E-state index < -0.39 is 23.2 Å². The molecule has 8 heteroatoms. The second-order valence-corrected chi connectivity index (χ2v) is 3.29. The van der Waals surface area contributed by atoms with Crippen molar-refractivity contribution in [1.29, 1.82) is 0 Å². The quantitative estimate of drug-likeness (QED) is 0.629. The van der Waals surface area contributed by atoms with Crippen molar-refractivity contribution in [3.63, 3.8) is 0 Å². The van der Waals surface area contributed by atoms with E-state index in [0.717, 1.165) is 0 Å². The van der Waals surface area contributed by atoms with Crippen LogP contribution in [0.25, 0.3) is 11.5 Å². The number of aromatic amines is 1. The van der Waals surface area contributed by atoms with Crippen LogP contribution in [0.5, 0.6) is 0 Å². The molecule has 4 nitrogen and oxygen atoms in total. The second kappa shape index (κ2) is 4.21. The van der Waals surface area contributed by atoms with Gasteiger partial charge in [0, 0.05) is 6.20 Å². The van der Waals surface area contributed by atoms with E-state index in [1.807, 2.05) is 4.98 Å². The van der Waals surface area contributed by atoms with Crippen molar-refractivity contribution >= 4 is 0 Å². The number of pyridine rings is 1. The lowest BCUT2D eigenvalue weighted by Crippen LogP contribution is -2.25. The molecule has 94 valence electrons. The van der Waals surface area contributed by atoms with Crippen molar-refractivity contribution in [3.8, 4) is 11.5 Å². The predicted octanol–water partition coefficient (Wildman–Crippen LogP) is 1.99. The molecule has 0 saturated carbocycles. The summed E-state index contributed by atoms with van der Waals surface area (Å²) in [7, 11) is 0. The zero-order valence-electron chi connectivity index (χ0n) is 8.62. The summed E-state index contributed by atoms with van der Waals surface area (Å²) in [6.45, 7) is 0. The number of hydrogen-bond acceptors (Lipinski definition) is 3. The Labute approximate surface area is 97.3 Å². The molecule has 2 aromatic rings. The SMILES string of the molecule is O=c1[nH]c(-c2ccccn2)nc(F)c1C(F)(F)F. The monoisotopic (exact) mass is 259 g/mol. The Morgan fingerprint density at radius 1 is 1.22 bits per heavy atom. The van der Waals surface area contributed by atoms with Gasteiger partial charge in [0.05, 0.1) is 0 Å². The van der Waals surface area contributed by atoms with Crippen molar-refractivity contribution in [2.45, 2.75) is 6.18 Å². The number of H-pyrrole nitrogens is 1. The van der Waals surface area contributed by atoms with E-state index in [0.29, 0.717) is 0 Å². The third kappa shape index (κ3) is 2.22. The fourth-order valence-electron chi connectivity index (χ4n) is 1.32. The Morgan fingerprint density at radius 2 is 1.94 bits per heavy atom. The lowest BCUT2D eigenvalue weighted by atomic mass is 10.3. The number of hydrogen-bond donors (Lipinski definition) is 1.